The molecule has 34 heavy (non-hydrogen) atoms. The molecule has 0 N–H and O–H groups in total. The molecule has 4 rings (SSSR count). The Kier molecular flexibility index (Phi) is 13.0. The molecular weight excluding hydrogens is 649 g/mol. The summed E-state index contributed by atoms with van der Waals surface area (Å²) in [6, 6.07) is 0. The van der Waals surface area contributed by atoms with Gasteiger partial charge in [0, 0.05) is 0 Å². The first-order chi connectivity index (χ1) is 16.6. The second-order valence-corrected chi connectivity index (χ2v) is 21.2. The van der Waals surface area contributed by atoms with Gasteiger partial charge in [-0.15, -0.1) is 47.0 Å². The Morgan fingerprint density at radius 3 is 1.12 bits per heavy atom. The van der Waals surface area contributed by atoms with Gasteiger partial charge in [0.15, 0.2) is 0 Å². The number of thioether (sulfide) groups is 12. The largest absolute Gasteiger partial charge is 0.118 e. The van der Waals surface area contributed by atoms with E-state index in [0.717, 1.165) is 32.8 Å². The van der Waals surface area contributed by atoms with Crippen molar-refractivity contribution < 1.29 is 0 Å². The fourth-order valence-electron chi connectivity index (χ4n) is 2.51. The fraction of sp³-hybridized carbons (Fsp3) is 0.364. The summed E-state index contributed by atoms with van der Waals surface area (Å²) in [5.41, 5.74) is 0. The van der Waals surface area contributed by atoms with Crippen LogP contribution in [0.1, 0.15) is 27.7 Å². The highest BCUT2D eigenvalue weighted by molar-refractivity contribution is 8.43. The summed E-state index contributed by atoms with van der Waals surface area (Å²) < 4.78 is 11.5. The van der Waals surface area contributed by atoms with Crippen LogP contribution in [0, 0.1) is 11.8 Å². The molecule has 4 aliphatic rings. The van der Waals surface area contributed by atoms with Crippen molar-refractivity contribution >= 4 is 141 Å². The van der Waals surface area contributed by atoms with E-state index in [-0.39, 0.29) is 0 Å². The molecule has 0 amide bonds. The molecule has 0 saturated carbocycles. The van der Waals surface area contributed by atoms with Gasteiger partial charge in [-0.05, 0) is 33.8 Å². The van der Waals surface area contributed by atoms with Crippen molar-refractivity contribution in [2.24, 2.45) is 0 Å². The minimum atomic E-state index is 1.13. The van der Waals surface area contributed by atoms with Gasteiger partial charge in [0.2, 0.25) is 0 Å². The summed E-state index contributed by atoms with van der Waals surface area (Å²) >= 11 is 23.0. The summed E-state index contributed by atoms with van der Waals surface area (Å²) in [5.74, 6) is 11.4. The molecule has 0 aliphatic carbocycles. The molecule has 4 aliphatic heterocycles. The lowest BCUT2D eigenvalue weighted by Crippen LogP contribution is -1.72. The van der Waals surface area contributed by atoms with Crippen LogP contribution < -0.4 is 0 Å². The number of rotatable bonds is 8. The van der Waals surface area contributed by atoms with E-state index < -0.39 is 0 Å². The van der Waals surface area contributed by atoms with Crippen LogP contribution in [-0.2, 0) is 0 Å². The highest BCUT2D eigenvalue weighted by Gasteiger charge is 2.28. The number of hydrogen-bond donors (Lipinski definition) is 0. The van der Waals surface area contributed by atoms with Crippen molar-refractivity contribution in [3.05, 3.63) is 54.5 Å². The van der Waals surface area contributed by atoms with Crippen LogP contribution in [-0.4, -0.2) is 23.0 Å². The van der Waals surface area contributed by atoms with E-state index in [1.54, 1.807) is 0 Å². The van der Waals surface area contributed by atoms with Crippen molar-refractivity contribution in [1.82, 2.24) is 0 Å². The van der Waals surface area contributed by atoms with Gasteiger partial charge in [-0.3, -0.25) is 0 Å². The maximum absolute atomic E-state index is 3.44. The highest BCUT2D eigenvalue weighted by Crippen LogP contribution is 2.63. The van der Waals surface area contributed by atoms with E-state index in [2.05, 4.69) is 50.4 Å². The molecule has 0 radical (unpaired) electrons. The quantitative estimate of drug-likeness (QED) is 0.226. The molecule has 0 saturated heterocycles. The molecule has 0 bridgehead atoms. The molecule has 0 aromatic rings. The molecule has 4 heterocycles. The average molecular weight is 671 g/mol. The Bertz CT molecular complexity index is 941. The molecule has 0 aromatic carbocycles. The zero-order valence-electron chi connectivity index (χ0n) is 18.9. The van der Waals surface area contributed by atoms with Gasteiger partial charge in [0.1, 0.15) is 0 Å². The topological polar surface area (TPSA) is 0 Å². The summed E-state index contributed by atoms with van der Waals surface area (Å²) in [4.78, 5) is 2.33. The van der Waals surface area contributed by atoms with Crippen LogP contribution in [0.15, 0.2) is 54.5 Å². The second kappa shape index (κ2) is 15.1. The predicted molar refractivity (Wildman–Crippen MR) is 185 cm³/mol. The fourth-order valence-corrected chi connectivity index (χ4v) is 18.6. The molecule has 0 aromatic heterocycles. The standard InChI is InChI=1S/C22H22S12/c1-5-23-15-16(24-6-2)32-21(31-15)19-27-11-13(29-19)9-10-14-12-28-20(30-14)22-33-17(25-7-3)18(34-22)26-8-4/h11-12H,5-8H2,1-4H3. The summed E-state index contributed by atoms with van der Waals surface area (Å²) in [7, 11) is 0. The smallest absolute Gasteiger partial charge is 0.0717 e. The van der Waals surface area contributed by atoms with E-state index in [1.165, 1.54) is 33.9 Å². The van der Waals surface area contributed by atoms with Crippen LogP contribution in [0.25, 0.3) is 0 Å². The third-order valence-electron chi connectivity index (χ3n) is 3.77. The number of allylic oxidation sites excluding steroid dienone is 2. The second-order valence-electron chi connectivity index (χ2n) is 6.09. The molecule has 0 unspecified atom stereocenters. The van der Waals surface area contributed by atoms with Crippen LogP contribution in [0.5, 0.6) is 0 Å². The van der Waals surface area contributed by atoms with Gasteiger partial charge in [0.25, 0.3) is 0 Å². The van der Waals surface area contributed by atoms with E-state index in [4.69, 9.17) is 0 Å². The van der Waals surface area contributed by atoms with E-state index in [0.29, 0.717) is 0 Å². The van der Waals surface area contributed by atoms with E-state index in [9.17, 15) is 0 Å². The average Bonchev–Trinajstić information content (AvgIpc) is 3.61. The van der Waals surface area contributed by atoms with Crippen molar-refractivity contribution in [1.29, 1.82) is 0 Å². The molecule has 0 spiro atoms. The van der Waals surface area contributed by atoms with Crippen LogP contribution in [0.3, 0.4) is 0 Å². The van der Waals surface area contributed by atoms with Crippen LogP contribution in [0.2, 0.25) is 0 Å². The van der Waals surface area contributed by atoms with Gasteiger partial charge >= 0.3 is 0 Å². The summed E-state index contributed by atoms with van der Waals surface area (Å²) in [6.07, 6.45) is 0. The monoisotopic (exact) mass is 670 g/mol. The Morgan fingerprint density at radius 1 is 0.500 bits per heavy atom. The molecular formula is C22H22S12. The minimum absolute atomic E-state index is 1.13. The third kappa shape index (κ3) is 7.87. The predicted octanol–water partition coefficient (Wildman–Crippen LogP) is 12.1. The zero-order chi connectivity index (χ0) is 23.9. The lowest BCUT2D eigenvalue weighted by atomic mass is 10.5. The zero-order valence-corrected chi connectivity index (χ0v) is 28.7. The lowest BCUT2D eigenvalue weighted by molar-refractivity contribution is 1.53. The van der Waals surface area contributed by atoms with Crippen molar-refractivity contribution in [2.75, 3.05) is 23.0 Å². The Hall–Kier alpha value is 2.20. The normalized spacial score (nSPS) is 20.6. The van der Waals surface area contributed by atoms with Crippen molar-refractivity contribution in [2.45, 2.75) is 27.7 Å². The molecule has 0 fully saturated rings. The van der Waals surface area contributed by atoms with Gasteiger partial charge in [-0.25, -0.2) is 0 Å². The van der Waals surface area contributed by atoms with E-state index >= 15 is 0 Å². The van der Waals surface area contributed by atoms with Crippen LogP contribution >= 0.6 is 141 Å². The van der Waals surface area contributed by atoms with Gasteiger partial charge < -0.3 is 0 Å². The van der Waals surface area contributed by atoms with Gasteiger partial charge in [-0.1, -0.05) is 134 Å². The maximum Gasteiger partial charge on any atom is 0.0717 e. The summed E-state index contributed by atoms with van der Waals surface area (Å²) in [6.45, 7) is 8.94. The van der Waals surface area contributed by atoms with Crippen molar-refractivity contribution in [3.63, 3.8) is 0 Å². The van der Waals surface area contributed by atoms with Crippen LogP contribution in [0.4, 0.5) is 0 Å². The molecule has 182 valence electrons. The first-order valence-corrected chi connectivity index (χ1v) is 21.1. The third-order valence-corrected chi connectivity index (χ3v) is 20.0. The maximum atomic E-state index is 3.44. The number of hydrogen-bond acceptors (Lipinski definition) is 12. The SMILES string of the molecule is CCSC1=C(SCC)SC(=C2SC=C(C#CC3=CSC(=C4SC(SCC)=C(SCC)S4)S3)S2)S1. The Balaban J connectivity index is 1.34. The molecule has 0 atom stereocenters. The molecule has 0 nitrogen and oxygen atoms in total. The lowest BCUT2D eigenvalue weighted by Gasteiger charge is -2.01. The Morgan fingerprint density at radius 2 is 0.824 bits per heavy atom. The molecule has 12 heteroatoms. The highest BCUT2D eigenvalue weighted by atomic mass is 32.3. The minimum Gasteiger partial charge on any atom is -0.118 e. The van der Waals surface area contributed by atoms with E-state index in [1.807, 2.05) is 141 Å². The first-order valence-electron chi connectivity index (χ1n) is 10.5. The van der Waals surface area contributed by atoms with Crippen molar-refractivity contribution in [3.8, 4) is 11.8 Å². The van der Waals surface area contributed by atoms with Gasteiger partial charge in [-0.2, -0.15) is 0 Å². The first kappa shape index (κ1) is 29.2. The van der Waals surface area contributed by atoms with Gasteiger partial charge in [0.05, 0.1) is 43.7 Å². The Labute approximate surface area is 255 Å². The summed E-state index contributed by atoms with van der Waals surface area (Å²) in [5, 5.41) is 4.45.